The molecular weight excluding hydrogens is 678 g/mol. The lowest BCUT2D eigenvalue weighted by Gasteiger charge is -2.41. The summed E-state index contributed by atoms with van der Waals surface area (Å²) in [5.41, 5.74) is 6.72. The summed E-state index contributed by atoms with van der Waals surface area (Å²) >= 11 is 0. The van der Waals surface area contributed by atoms with Crippen molar-refractivity contribution in [2.45, 2.75) is 45.0 Å². The van der Waals surface area contributed by atoms with Crippen LogP contribution in [0.15, 0.2) is 97.1 Å². The molecule has 13 nitrogen and oxygen atoms in total. The fourth-order valence-corrected chi connectivity index (χ4v) is 6.60. The maximum atomic E-state index is 12.2. The number of piperazine rings is 1. The van der Waals surface area contributed by atoms with Crippen LogP contribution in [0.2, 0.25) is 0 Å². The third-order valence-electron chi connectivity index (χ3n) is 9.47. The summed E-state index contributed by atoms with van der Waals surface area (Å²) in [4.78, 5) is 39.0. The first-order valence-corrected chi connectivity index (χ1v) is 17.9. The monoisotopic (exact) mass is 723 g/mol. The fourth-order valence-electron chi connectivity index (χ4n) is 6.60. The molecule has 0 spiro atoms. The van der Waals surface area contributed by atoms with Gasteiger partial charge in [0.25, 0.3) is 5.69 Å². The number of rotatable bonds is 13. The second-order valence-corrected chi connectivity index (χ2v) is 13.1. The first-order valence-electron chi connectivity index (χ1n) is 17.9. The Bertz CT molecular complexity index is 1830. The minimum atomic E-state index is -0.588. The zero-order valence-electron chi connectivity index (χ0n) is 29.7. The number of carbonyl (C=O) groups excluding carboxylic acids is 2. The second-order valence-electron chi connectivity index (χ2n) is 13.1. The maximum Gasteiger partial charge on any atom is 0.325 e. The van der Waals surface area contributed by atoms with Crippen molar-refractivity contribution in [2.24, 2.45) is 0 Å². The van der Waals surface area contributed by atoms with Crippen LogP contribution in [0.3, 0.4) is 0 Å². The van der Waals surface area contributed by atoms with Gasteiger partial charge in [0.15, 0.2) is 6.29 Å². The van der Waals surface area contributed by atoms with E-state index in [1.807, 2.05) is 84.9 Å². The van der Waals surface area contributed by atoms with Gasteiger partial charge in [0.2, 0.25) is 0 Å². The Labute approximate surface area is 308 Å². The zero-order valence-corrected chi connectivity index (χ0v) is 29.7. The highest BCUT2D eigenvalue weighted by Crippen LogP contribution is 2.39. The number of ether oxygens (including phenoxy) is 3. The van der Waals surface area contributed by atoms with E-state index in [1.165, 1.54) is 0 Å². The molecule has 0 bridgehead atoms. The van der Waals surface area contributed by atoms with Crippen LogP contribution < -0.4 is 15.5 Å². The molecular formula is C40H45N5O8. The van der Waals surface area contributed by atoms with Gasteiger partial charge in [0.05, 0.1) is 30.3 Å². The Morgan fingerprint density at radius 2 is 1.58 bits per heavy atom. The lowest BCUT2D eigenvalue weighted by Crippen LogP contribution is -2.49. The van der Waals surface area contributed by atoms with Gasteiger partial charge in [-0.05, 0) is 52.9 Å². The number of esters is 1. The average Bonchev–Trinajstić information content (AvgIpc) is 3.20. The van der Waals surface area contributed by atoms with Gasteiger partial charge >= 0.3 is 12.0 Å². The molecule has 2 amide bonds. The summed E-state index contributed by atoms with van der Waals surface area (Å²) in [6.45, 7) is 6.05. The number of carbonyl (C=O) groups is 2. The minimum Gasteiger partial charge on any atom is -0.465 e. The fraction of sp³-hybridized carbons (Fsp3) is 0.350. The highest BCUT2D eigenvalue weighted by Gasteiger charge is 2.34. The molecule has 53 heavy (non-hydrogen) atoms. The van der Waals surface area contributed by atoms with E-state index in [2.05, 4.69) is 20.4 Å². The summed E-state index contributed by atoms with van der Waals surface area (Å²) in [6.07, 6.45) is -0.209. The molecule has 0 radical (unpaired) electrons. The van der Waals surface area contributed by atoms with E-state index in [0.29, 0.717) is 13.0 Å². The molecule has 13 heteroatoms. The molecule has 0 aliphatic carbocycles. The van der Waals surface area contributed by atoms with E-state index in [0.717, 1.165) is 71.8 Å². The lowest BCUT2D eigenvalue weighted by atomic mass is 9.98. The summed E-state index contributed by atoms with van der Waals surface area (Å²) in [5, 5.41) is 25.9. The highest BCUT2D eigenvalue weighted by molar-refractivity contribution is 5.80. The first kappa shape index (κ1) is 37.4. The van der Waals surface area contributed by atoms with Crippen molar-refractivity contribution in [3.05, 3.63) is 129 Å². The molecule has 4 aromatic rings. The number of nitrogens with one attached hydrogen (secondary N) is 2. The predicted molar refractivity (Wildman–Crippen MR) is 199 cm³/mol. The standard InChI is InChI=1S/C40H45N5O8/c1-2-51-38(47)25-42-40(48)41-24-29-4-3-5-33(22-29)30-10-12-32(13-11-30)39-52-36(23-37(53-39)31-8-6-28(27-46)7-9-31)26-43-18-20-44(21-19-43)34-14-16-35(17-15-34)45(49)50/h3-17,22,36-37,39,46H,2,18-21,23-27H2,1H3,(H2,41,42,48)/t36-,37+,39+/m0/s1. The topological polar surface area (TPSA) is 156 Å². The van der Waals surface area contributed by atoms with Crippen LogP contribution in [0.5, 0.6) is 0 Å². The van der Waals surface area contributed by atoms with Crippen molar-refractivity contribution < 1.29 is 33.8 Å². The van der Waals surface area contributed by atoms with Crippen LogP contribution in [0, 0.1) is 10.1 Å². The van der Waals surface area contributed by atoms with Crippen LogP contribution in [0.4, 0.5) is 16.2 Å². The molecule has 2 saturated heterocycles. The van der Waals surface area contributed by atoms with Crippen LogP contribution in [-0.4, -0.2) is 78.9 Å². The number of hydrogen-bond donors (Lipinski definition) is 3. The van der Waals surface area contributed by atoms with Gasteiger partial charge in [-0.25, -0.2) is 4.79 Å². The SMILES string of the molecule is CCOC(=O)CNC(=O)NCc1cccc(-c2ccc([C@@H]3O[C@H](CN4CCN(c5ccc([N+](=O)[O-])cc5)CC4)C[C@H](c4ccc(CO)cc4)O3)cc2)c1. The normalized spacial score (nSPS) is 19.0. The summed E-state index contributed by atoms with van der Waals surface area (Å²) in [5.74, 6) is -0.489. The summed E-state index contributed by atoms with van der Waals surface area (Å²) < 4.78 is 18.1. The van der Waals surface area contributed by atoms with Crippen molar-refractivity contribution in [1.29, 1.82) is 0 Å². The zero-order chi connectivity index (χ0) is 37.2. The number of aliphatic hydroxyl groups is 1. The number of nitro groups is 1. The van der Waals surface area contributed by atoms with E-state index in [4.69, 9.17) is 14.2 Å². The smallest absolute Gasteiger partial charge is 0.325 e. The molecule has 2 heterocycles. The molecule has 3 N–H and O–H groups in total. The van der Waals surface area contributed by atoms with Crippen molar-refractivity contribution in [3.8, 4) is 11.1 Å². The van der Waals surface area contributed by atoms with Gasteiger partial charge in [-0.3, -0.25) is 19.8 Å². The van der Waals surface area contributed by atoms with Crippen LogP contribution in [0.1, 0.15) is 48.0 Å². The van der Waals surface area contributed by atoms with Gasteiger partial charge in [0.1, 0.15) is 6.54 Å². The largest absolute Gasteiger partial charge is 0.465 e. The molecule has 3 atom stereocenters. The summed E-state index contributed by atoms with van der Waals surface area (Å²) in [6, 6.07) is 30.1. The number of hydrogen-bond acceptors (Lipinski definition) is 10. The van der Waals surface area contributed by atoms with Gasteiger partial charge < -0.3 is 34.9 Å². The molecule has 6 rings (SSSR count). The Kier molecular flexibility index (Phi) is 12.7. The summed E-state index contributed by atoms with van der Waals surface area (Å²) in [7, 11) is 0. The number of nitrogens with zero attached hydrogens (tertiary/aromatic N) is 3. The molecule has 2 fully saturated rings. The van der Waals surface area contributed by atoms with Gasteiger partial charge in [0, 0.05) is 69.1 Å². The third kappa shape index (κ3) is 10.2. The quantitative estimate of drug-likeness (QED) is 0.0917. The van der Waals surface area contributed by atoms with E-state index < -0.39 is 18.3 Å². The Morgan fingerprint density at radius 3 is 2.26 bits per heavy atom. The molecule has 4 aromatic carbocycles. The third-order valence-corrected chi connectivity index (χ3v) is 9.47. The Balaban J connectivity index is 1.09. The Hall–Kier alpha value is -5.34. The van der Waals surface area contributed by atoms with Crippen molar-refractivity contribution in [2.75, 3.05) is 50.8 Å². The molecule has 0 unspecified atom stereocenters. The second kappa shape index (κ2) is 17.9. The molecule has 0 saturated carbocycles. The lowest BCUT2D eigenvalue weighted by molar-refractivity contribution is -0.384. The van der Waals surface area contributed by atoms with Crippen molar-refractivity contribution >= 4 is 23.4 Å². The number of urea groups is 1. The number of benzene rings is 4. The number of anilines is 1. The maximum absolute atomic E-state index is 12.2. The van der Waals surface area contributed by atoms with E-state index in [-0.39, 0.29) is 42.6 Å². The van der Waals surface area contributed by atoms with Crippen LogP contribution >= 0.6 is 0 Å². The molecule has 278 valence electrons. The average molecular weight is 724 g/mol. The van der Waals surface area contributed by atoms with Crippen molar-refractivity contribution in [3.63, 3.8) is 0 Å². The van der Waals surface area contributed by atoms with E-state index >= 15 is 0 Å². The predicted octanol–water partition coefficient (Wildman–Crippen LogP) is 5.48. The number of aliphatic hydroxyl groups excluding tert-OH is 1. The van der Waals surface area contributed by atoms with E-state index in [9.17, 15) is 24.8 Å². The number of amides is 2. The molecule has 2 aliphatic rings. The number of non-ortho nitro benzene ring substituents is 1. The Morgan fingerprint density at radius 1 is 0.868 bits per heavy atom. The first-order chi connectivity index (χ1) is 25.8. The molecule has 0 aromatic heterocycles. The van der Waals surface area contributed by atoms with Gasteiger partial charge in [-0.15, -0.1) is 0 Å². The number of nitro benzene ring substituents is 1. The minimum absolute atomic E-state index is 0.0236. The highest BCUT2D eigenvalue weighted by atomic mass is 16.7. The van der Waals surface area contributed by atoms with Crippen molar-refractivity contribution in [1.82, 2.24) is 15.5 Å². The van der Waals surface area contributed by atoms with E-state index in [1.54, 1.807) is 19.1 Å². The molecule has 2 aliphatic heterocycles. The van der Waals surface area contributed by atoms with Gasteiger partial charge in [-0.2, -0.15) is 0 Å². The van der Waals surface area contributed by atoms with Gasteiger partial charge in [-0.1, -0.05) is 66.7 Å². The van der Waals surface area contributed by atoms with Crippen LogP contribution in [0.25, 0.3) is 11.1 Å². The van der Waals surface area contributed by atoms with Crippen LogP contribution in [-0.2, 0) is 32.2 Å².